The first-order valence-corrected chi connectivity index (χ1v) is 9.48. The summed E-state index contributed by atoms with van der Waals surface area (Å²) in [6.07, 6.45) is 1.20. The molecule has 0 spiro atoms. The second-order valence-corrected chi connectivity index (χ2v) is 6.60. The summed E-state index contributed by atoms with van der Waals surface area (Å²) in [4.78, 5) is 11.7. The molecule has 1 N–H and O–H groups in total. The molecule has 0 bridgehead atoms. The highest BCUT2D eigenvalue weighted by molar-refractivity contribution is 14.0. The van der Waals surface area contributed by atoms with E-state index in [1.54, 1.807) is 0 Å². The van der Waals surface area contributed by atoms with Gasteiger partial charge in [0.05, 0.1) is 5.69 Å². The highest BCUT2D eigenvalue weighted by Gasteiger charge is 2.20. The number of nitrogens with zero attached hydrogens (tertiary/aromatic N) is 5. The second kappa shape index (κ2) is 12.5. The van der Waals surface area contributed by atoms with Gasteiger partial charge in [0.2, 0.25) is 0 Å². The third-order valence-corrected chi connectivity index (χ3v) is 4.64. The number of aliphatic imine (C=N–C) groups is 1. The first kappa shape index (κ1) is 23.2. The fourth-order valence-corrected chi connectivity index (χ4v) is 3.24. The minimum atomic E-state index is 0. The van der Waals surface area contributed by atoms with Crippen molar-refractivity contribution in [3.05, 3.63) is 17.5 Å². The molecule has 1 saturated heterocycles. The topological polar surface area (TPSA) is 60.1 Å². The molecule has 150 valence electrons. The van der Waals surface area contributed by atoms with Crippen LogP contribution in [0.5, 0.6) is 0 Å². The molecule has 1 aliphatic rings. The zero-order valence-corrected chi connectivity index (χ0v) is 19.0. The summed E-state index contributed by atoms with van der Waals surface area (Å²) >= 11 is 0. The van der Waals surface area contributed by atoms with Gasteiger partial charge in [-0.1, -0.05) is 19.0 Å². The third kappa shape index (κ3) is 7.40. The maximum atomic E-state index is 5.15. The molecule has 1 aromatic rings. The van der Waals surface area contributed by atoms with Crippen molar-refractivity contribution in [1.29, 1.82) is 0 Å². The van der Waals surface area contributed by atoms with Gasteiger partial charge in [-0.25, -0.2) is 0 Å². The first-order valence-electron chi connectivity index (χ1n) is 9.48. The summed E-state index contributed by atoms with van der Waals surface area (Å²) in [5, 5.41) is 7.61. The van der Waals surface area contributed by atoms with Crippen LogP contribution in [-0.4, -0.2) is 85.2 Å². The van der Waals surface area contributed by atoms with Crippen LogP contribution in [0.1, 0.15) is 31.7 Å². The normalized spacial score (nSPS) is 16.0. The van der Waals surface area contributed by atoms with Crippen LogP contribution in [0.3, 0.4) is 0 Å². The molecule has 7 nitrogen and oxygen atoms in total. The predicted molar refractivity (Wildman–Crippen MR) is 117 cm³/mol. The lowest BCUT2D eigenvalue weighted by Crippen LogP contribution is -2.53. The number of aromatic nitrogens is 1. The average molecular weight is 478 g/mol. The molecular formula is C18H35IN6O. The van der Waals surface area contributed by atoms with E-state index in [-0.39, 0.29) is 24.0 Å². The smallest absolute Gasteiger partial charge is 0.193 e. The molecule has 1 fully saturated rings. The number of rotatable bonds is 8. The lowest BCUT2D eigenvalue weighted by Gasteiger charge is -2.36. The van der Waals surface area contributed by atoms with E-state index in [2.05, 4.69) is 44.0 Å². The minimum Gasteiger partial charge on any atom is -0.361 e. The van der Waals surface area contributed by atoms with Gasteiger partial charge in [-0.05, 0) is 26.4 Å². The van der Waals surface area contributed by atoms with Gasteiger partial charge in [0.1, 0.15) is 5.76 Å². The van der Waals surface area contributed by atoms with Crippen LogP contribution in [0.4, 0.5) is 0 Å². The lowest BCUT2D eigenvalue weighted by atomic mass is 10.3. The molecule has 0 aliphatic carbocycles. The number of hydrogen-bond donors (Lipinski definition) is 1. The van der Waals surface area contributed by atoms with Crippen LogP contribution < -0.4 is 5.32 Å². The highest BCUT2D eigenvalue weighted by atomic mass is 127. The number of hydrogen-bond acceptors (Lipinski definition) is 5. The monoisotopic (exact) mass is 478 g/mol. The van der Waals surface area contributed by atoms with Crippen LogP contribution in [0, 0.1) is 6.92 Å². The summed E-state index contributed by atoms with van der Waals surface area (Å²) in [5.41, 5.74) is 1.02. The van der Waals surface area contributed by atoms with Gasteiger partial charge in [-0.3, -0.25) is 9.89 Å². The fourth-order valence-electron chi connectivity index (χ4n) is 3.24. The predicted octanol–water partition coefficient (Wildman–Crippen LogP) is 2.03. The van der Waals surface area contributed by atoms with Crippen molar-refractivity contribution in [3.8, 4) is 0 Å². The summed E-state index contributed by atoms with van der Waals surface area (Å²) in [5.74, 6) is 1.90. The van der Waals surface area contributed by atoms with Crippen molar-refractivity contribution >= 4 is 29.9 Å². The molecule has 2 heterocycles. The summed E-state index contributed by atoms with van der Waals surface area (Å²) in [7, 11) is 1.87. The van der Waals surface area contributed by atoms with Crippen molar-refractivity contribution in [2.45, 2.75) is 33.7 Å². The van der Waals surface area contributed by atoms with Gasteiger partial charge < -0.3 is 19.6 Å². The van der Waals surface area contributed by atoms with Crippen molar-refractivity contribution in [2.24, 2.45) is 4.99 Å². The van der Waals surface area contributed by atoms with Gasteiger partial charge in [0.25, 0.3) is 0 Å². The SMILES string of the molecule is CCCN(CC)CCNC(=NC)N1CCN(Cc2cc(C)on2)CC1.I. The molecular weight excluding hydrogens is 443 g/mol. The molecule has 0 amide bonds. The van der Waals surface area contributed by atoms with Gasteiger partial charge in [-0.15, -0.1) is 24.0 Å². The Morgan fingerprint density at radius 2 is 2.00 bits per heavy atom. The number of nitrogens with one attached hydrogen (secondary N) is 1. The van der Waals surface area contributed by atoms with E-state index in [9.17, 15) is 0 Å². The Morgan fingerprint density at radius 3 is 2.54 bits per heavy atom. The summed E-state index contributed by atoms with van der Waals surface area (Å²) in [6, 6.07) is 2.02. The zero-order valence-electron chi connectivity index (χ0n) is 16.7. The standard InChI is InChI=1S/C18H34N6O.HI/c1-5-8-22(6-2)9-7-20-18(19-4)24-12-10-23(11-13-24)15-17-14-16(3)25-21-17;/h14H,5-13,15H2,1-4H3,(H,19,20);1H. The van der Waals surface area contributed by atoms with E-state index in [1.807, 2.05) is 20.0 Å². The van der Waals surface area contributed by atoms with E-state index < -0.39 is 0 Å². The molecule has 0 saturated carbocycles. The van der Waals surface area contributed by atoms with Gasteiger partial charge in [0, 0.05) is 58.9 Å². The summed E-state index contributed by atoms with van der Waals surface area (Å²) < 4.78 is 5.15. The third-order valence-electron chi connectivity index (χ3n) is 4.64. The quantitative estimate of drug-likeness (QED) is 0.351. The van der Waals surface area contributed by atoms with Gasteiger partial charge in [0.15, 0.2) is 5.96 Å². The van der Waals surface area contributed by atoms with Crippen LogP contribution >= 0.6 is 24.0 Å². The Kier molecular flexibility index (Phi) is 11.1. The maximum Gasteiger partial charge on any atom is 0.193 e. The van der Waals surface area contributed by atoms with Crippen molar-refractivity contribution < 1.29 is 4.52 Å². The van der Waals surface area contributed by atoms with Gasteiger partial charge >= 0.3 is 0 Å². The van der Waals surface area contributed by atoms with Gasteiger partial charge in [-0.2, -0.15) is 0 Å². The van der Waals surface area contributed by atoms with E-state index in [0.717, 1.165) is 76.3 Å². The Bertz CT molecular complexity index is 528. The Balaban J connectivity index is 0.00000338. The summed E-state index contributed by atoms with van der Waals surface area (Å²) in [6.45, 7) is 15.5. The largest absolute Gasteiger partial charge is 0.361 e. The number of halogens is 1. The molecule has 1 aromatic heterocycles. The molecule has 1 aliphatic heterocycles. The van der Waals surface area contributed by atoms with Crippen LogP contribution in [0.25, 0.3) is 0 Å². The molecule has 0 atom stereocenters. The van der Waals surface area contributed by atoms with Crippen molar-refractivity contribution in [2.75, 3.05) is 59.4 Å². The highest BCUT2D eigenvalue weighted by Crippen LogP contribution is 2.09. The molecule has 0 unspecified atom stereocenters. The van der Waals surface area contributed by atoms with Crippen molar-refractivity contribution in [1.82, 2.24) is 25.2 Å². The molecule has 0 radical (unpaired) electrons. The number of piperazine rings is 1. The second-order valence-electron chi connectivity index (χ2n) is 6.60. The van der Waals surface area contributed by atoms with Crippen molar-refractivity contribution in [3.63, 3.8) is 0 Å². The van der Waals surface area contributed by atoms with E-state index in [4.69, 9.17) is 4.52 Å². The number of aryl methyl sites for hydroxylation is 1. The average Bonchev–Trinajstić information content (AvgIpc) is 3.03. The Morgan fingerprint density at radius 1 is 1.27 bits per heavy atom. The Hall–Kier alpha value is -0.870. The minimum absolute atomic E-state index is 0. The van der Waals surface area contributed by atoms with E-state index in [0.29, 0.717) is 0 Å². The van der Waals surface area contributed by atoms with Crippen LogP contribution in [-0.2, 0) is 6.54 Å². The maximum absolute atomic E-state index is 5.15. The number of likely N-dealkylation sites (N-methyl/N-ethyl adjacent to an activating group) is 1. The van der Waals surface area contributed by atoms with Crippen LogP contribution in [0.2, 0.25) is 0 Å². The lowest BCUT2D eigenvalue weighted by molar-refractivity contribution is 0.168. The Labute approximate surface area is 175 Å². The first-order chi connectivity index (χ1) is 12.2. The zero-order chi connectivity index (χ0) is 18.1. The van der Waals surface area contributed by atoms with E-state index >= 15 is 0 Å². The molecule has 0 aromatic carbocycles. The van der Waals surface area contributed by atoms with E-state index in [1.165, 1.54) is 6.42 Å². The molecule has 26 heavy (non-hydrogen) atoms. The van der Waals surface area contributed by atoms with Crippen LogP contribution in [0.15, 0.2) is 15.6 Å². The molecule has 8 heteroatoms. The fraction of sp³-hybridized carbons (Fsp3) is 0.778. The molecule has 2 rings (SSSR count). The number of guanidine groups is 1.